The molecule has 2 atom stereocenters. The highest BCUT2D eigenvalue weighted by Crippen LogP contribution is 2.34. The van der Waals surface area contributed by atoms with Gasteiger partial charge in [-0.05, 0) is 67.9 Å². The summed E-state index contributed by atoms with van der Waals surface area (Å²) in [7, 11) is 1.81. The lowest BCUT2D eigenvalue weighted by Crippen LogP contribution is -2.50. The summed E-state index contributed by atoms with van der Waals surface area (Å²) in [5.41, 5.74) is 1.59. The normalized spacial score (nSPS) is 16.7. The molecule has 35 heavy (non-hydrogen) atoms. The third-order valence-electron chi connectivity index (χ3n) is 6.54. The maximum atomic E-state index is 15.2. The molecule has 1 aliphatic rings. The van der Waals surface area contributed by atoms with Gasteiger partial charge in [-0.2, -0.15) is 13.9 Å². The van der Waals surface area contributed by atoms with Crippen LogP contribution in [0.25, 0.3) is 21.9 Å². The van der Waals surface area contributed by atoms with Crippen LogP contribution in [0.15, 0.2) is 53.1 Å². The smallest absolute Gasteiger partial charge is 0.380 e. The topological polar surface area (TPSA) is 83.5 Å². The maximum Gasteiger partial charge on any atom is 0.380 e. The zero-order chi connectivity index (χ0) is 24.7. The minimum Gasteiger partial charge on any atom is -0.454 e. The summed E-state index contributed by atoms with van der Waals surface area (Å²) in [5, 5.41) is 19.3. The molecule has 7 nitrogen and oxygen atoms in total. The van der Waals surface area contributed by atoms with E-state index in [0.717, 1.165) is 42.9 Å². The highest BCUT2D eigenvalue weighted by Gasteiger charge is 2.46. The number of furan rings is 1. The molecular formula is C25H25ClF2N4O3. The summed E-state index contributed by atoms with van der Waals surface area (Å²) >= 11 is 5.94. The van der Waals surface area contributed by atoms with Crippen molar-refractivity contribution < 1.29 is 23.1 Å². The Kier molecular flexibility index (Phi) is 6.25. The van der Waals surface area contributed by atoms with E-state index >= 15 is 8.78 Å². The zero-order valence-electron chi connectivity index (χ0n) is 19.0. The van der Waals surface area contributed by atoms with Crippen molar-refractivity contribution in [1.29, 1.82) is 0 Å². The number of aliphatic hydroxyl groups excluding tert-OH is 1. The van der Waals surface area contributed by atoms with Crippen LogP contribution in [0.5, 0.6) is 0 Å². The summed E-state index contributed by atoms with van der Waals surface area (Å²) in [6.07, 6.45) is 2.43. The molecule has 0 spiro atoms. The number of benzene rings is 2. The molecule has 2 aromatic heterocycles. The number of rotatable bonds is 7. The monoisotopic (exact) mass is 502 g/mol. The van der Waals surface area contributed by atoms with Gasteiger partial charge in [-0.1, -0.05) is 17.7 Å². The number of nitrogens with one attached hydrogen (secondary N) is 1. The SMILES string of the molecule is Cn1ncc2cc(C(O)C(CN3CCCC3)NC(=O)C(F)(F)c3cc4cc(Cl)ccc4o3)ccc21. The van der Waals surface area contributed by atoms with Gasteiger partial charge in [0.05, 0.1) is 17.8 Å². The van der Waals surface area contributed by atoms with Crippen molar-refractivity contribution in [2.45, 2.75) is 30.9 Å². The van der Waals surface area contributed by atoms with Crippen LogP contribution in [-0.2, 0) is 17.8 Å². The van der Waals surface area contributed by atoms with E-state index in [9.17, 15) is 9.90 Å². The Hall–Kier alpha value is -3.01. The van der Waals surface area contributed by atoms with Gasteiger partial charge in [-0.3, -0.25) is 9.48 Å². The summed E-state index contributed by atoms with van der Waals surface area (Å²) in [6.45, 7) is 1.80. The van der Waals surface area contributed by atoms with Crippen molar-refractivity contribution in [2.24, 2.45) is 7.05 Å². The predicted octanol–water partition coefficient (Wildman–Crippen LogP) is 4.38. The molecule has 2 N–H and O–H groups in total. The van der Waals surface area contributed by atoms with E-state index in [1.54, 1.807) is 23.0 Å². The summed E-state index contributed by atoms with van der Waals surface area (Å²) in [4.78, 5) is 14.9. The molecule has 3 heterocycles. The van der Waals surface area contributed by atoms with Gasteiger partial charge < -0.3 is 19.7 Å². The van der Waals surface area contributed by atoms with E-state index in [0.29, 0.717) is 16.0 Å². The van der Waals surface area contributed by atoms with Crippen molar-refractivity contribution in [3.05, 3.63) is 65.0 Å². The van der Waals surface area contributed by atoms with Gasteiger partial charge in [0.25, 0.3) is 5.91 Å². The number of alkyl halides is 2. The number of aryl methyl sites for hydroxylation is 1. The summed E-state index contributed by atoms with van der Waals surface area (Å²) in [5.74, 6) is -6.26. The highest BCUT2D eigenvalue weighted by atomic mass is 35.5. The Morgan fingerprint density at radius 2 is 1.97 bits per heavy atom. The average Bonchev–Trinajstić information content (AvgIpc) is 3.58. The number of amides is 1. The maximum absolute atomic E-state index is 15.2. The second kappa shape index (κ2) is 9.22. The number of fused-ring (bicyclic) bond motifs is 2. The van der Waals surface area contributed by atoms with Crippen LogP contribution in [0.4, 0.5) is 8.78 Å². The molecule has 0 radical (unpaired) electrons. The molecule has 1 aliphatic heterocycles. The van der Waals surface area contributed by atoms with E-state index in [-0.39, 0.29) is 12.1 Å². The van der Waals surface area contributed by atoms with Crippen molar-refractivity contribution >= 4 is 39.4 Å². The van der Waals surface area contributed by atoms with Crippen LogP contribution in [0.2, 0.25) is 5.02 Å². The molecule has 2 unspecified atom stereocenters. The lowest BCUT2D eigenvalue weighted by atomic mass is 9.99. The lowest BCUT2D eigenvalue weighted by Gasteiger charge is -2.29. The molecule has 1 amide bonds. The number of aliphatic hydroxyl groups is 1. The molecule has 0 saturated carbocycles. The lowest BCUT2D eigenvalue weighted by molar-refractivity contribution is -0.151. The number of carbonyl (C=O) groups is 1. The third-order valence-corrected chi connectivity index (χ3v) is 6.77. The highest BCUT2D eigenvalue weighted by molar-refractivity contribution is 6.31. The van der Waals surface area contributed by atoms with E-state index in [1.165, 1.54) is 18.2 Å². The number of halogens is 3. The Bertz CT molecular complexity index is 1380. The van der Waals surface area contributed by atoms with Crippen LogP contribution < -0.4 is 5.32 Å². The van der Waals surface area contributed by atoms with Crippen LogP contribution in [0.3, 0.4) is 0 Å². The Balaban J connectivity index is 1.41. The minimum absolute atomic E-state index is 0.204. The van der Waals surface area contributed by atoms with Gasteiger partial charge in [-0.25, -0.2) is 0 Å². The molecule has 1 saturated heterocycles. The van der Waals surface area contributed by atoms with Gasteiger partial charge in [0.15, 0.2) is 5.76 Å². The second-order valence-corrected chi connectivity index (χ2v) is 9.42. The number of hydrogen-bond donors (Lipinski definition) is 2. The average molecular weight is 503 g/mol. The number of aromatic nitrogens is 2. The van der Waals surface area contributed by atoms with E-state index in [2.05, 4.69) is 15.3 Å². The van der Waals surface area contributed by atoms with E-state index < -0.39 is 29.7 Å². The summed E-state index contributed by atoms with van der Waals surface area (Å²) < 4.78 is 37.4. The standard InChI is InChI=1S/C25H25ClF2N4O3/c1-31-20-6-4-15(10-17(20)13-29-31)23(33)19(14-32-8-2-3-9-32)30-24(34)25(27,28)22-12-16-11-18(26)5-7-21(16)35-22/h4-7,10-13,19,23,33H,2-3,8-9,14H2,1H3,(H,30,34). The van der Waals surface area contributed by atoms with Gasteiger partial charge in [0.2, 0.25) is 0 Å². The van der Waals surface area contributed by atoms with Crippen LogP contribution in [0, 0.1) is 0 Å². The molecule has 2 aromatic carbocycles. The predicted molar refractivity (Wildman–Crippen MR) is 128 cm³/mol. The molecule has 0 aliphatic carbocycles. The fraction of sp³-hybridized carbons (Fsp3) is 0.360. The number of likely N-dealkylation sites (tertiary alicyclic amines) is 1. The van der Waals surface area contributed by atoms with E-state index in [4.69, 9.17) is 16.0 Å². The quantitative estimate of drug-likeness (QED) is 0.392. The van der Waals surface area contributed by atoms with Crippen molar-refractivity contribution in [3.8, 4) is 0 Å². The Morgan fingerprint density at radius 1 is 1.20 bits per heavy atom. The molecule has 184 valence electrons. The molecule has 1 fully saturated rings. The van der Waals surface area contributed by atoms with Crippen molar-refractivity contribution in [3.63, 3.8) is 0 Å². The van der Waals surface area contributed by atoms with E-state index in [1.807, 2.05) is 13.1 Å². The van der Waals surface area contributed by atoms with Crippen LogP contribution in [-0.4, -0.2) is 51.4 Å². The number of hydrogen-bond acceptors (Lipinski definition) is 5. The van der Waals surface area contributed by atoms with Crippen LogP contribution in [0.1, 0.15) is 30.3 Å². The third kappa shape index (κ3) is 4.63. The minimum atomic E-state index is -3.94. The fourth-order valence-electron chi connectivity index (χ4n) is 4.61. The Labute approximate surface area is 205 Å². The van der Waals surface area contributed by atoms with Crippen molar-refractivity contribution in [1.82, 2.24) is 20.0 Å². The van der Waals surface area contributed by atoms with Gasteiger partial charge in [-0.15, -0.1) is 0 Å². The first-order valence-corrected chi connectivity index (χ1v) is 11.8. The largest absolute Gasteiger partial charge is 0.454 e. The second-order valence-electron chi connectivity index (χ2n) is 8.99. The van der Waals surface area contributed by atoms with Gasteiger partial charge in [0.1, 0.15) is 11.7 Å². The van der Waals surface area contributed by atoms with Crippen LogP contribution >= 0.6 is 11.6 Å². The first-order chi connectivity index (χ1) is 16.7. The molecule has 0 bridgehead atoms. The summed E-state index contributed by atoms with van der Waals surface area (Å²) in [6, 6.07) is 9.94. The van der Waals surface area contributed by atoms with Crippen molar-refractivity contribution in [2.75, 3.05) is 19.6 Å². The first kappa shape index (κ1) is 23.7. The van der Waals surface area contributed by atoms with Gasteiger partial charge >= 0.3 is 5.92 Å². The number of nitrogens with zero attached hydrogens (tertiary/aromatic N) is 3. The number of carbonyl (C=O) groups excluding carboxylic acids is 1. The fourth-order valence-corrected chi connectivity index (χ4v) is 4.79. The molecule has 4 aromatic rings. The molecule has 10 heteroatoms. The Morgan fingerprint density at radius 3 is 2.74 bits per heavy atom. The zero-order valence-corrected chi connectivity index (χ0v) is 19.8. The molecular weight excluding hydrogens is 478 g/mol. The van der Waals surface area contributed by atoms with Gasteiger partial charge in [0, 0.05) is 29.4 Å². The first-order valence-electron chi connectivity index (χ1n) is 11.4. The molecule has 5 rings (SSSR count).